The fraction of sp³-hybridized carbons (Fsp3) is 0.417. The molecule has 0 spiro atoms. The first-order valence-corrected chi connectivity index (χ1v) is 5.73. The summed E-state index contributed by atoms with van der Waals surface area (Å²) in [5.74, 6) is 1.15. The van der Waals surface area contributed by atoms with E-state index in [0.29, 0.717) is 36.1 Å². The van der Waals surface area contributed by atoms with E-state index < -0.39 is 6.09 Å². The lowest BCUT2D eigenvalue weighted by atomic mass is 10.2. The largest absolute Gasteiger partial charge is 0.486 e. The van der Waals surface area contributed by atoms with Gasteiger partial charge in [0.1, 0.15) is 13.2 Å². The Kier molecular flexibility index (Phi) is 3.45. The Morgan fingerprint density at radius 2 is 1.94 bits per heavy atom. The summed E-state index contributed by atoms with van der Waals surface area (Å²) in [7, 11) is 0. The van der Waals surface area contributed by atoms with E-state index in [0.717, 1.165) is 0 Å². The zero-order chi connectivity index (χ0) is 13.1. The number of nitrogen functional groups attached to an aromatic ring is 1. The van der Waals surface area contributed by atoms with Gasteiger partial charge in [-0.15, -0.1) is 0 Å². The Morgan fingerprint density at radius 1 is 1.33 bits per heavy atom. The predicted molar refractivity (Wildman–Crippen MR) is 67.1 cm³/mol. The van der Waals surface area contributed by atoms with Gasteiger partial charge in [0.15, 0.2) is 11.5 Å². The smallest absolute Gasteiger partial charge is 0.411 e. The van der Waals surface area contributed by atoms with Crippen molar-refractivity contribution in [2.75, 3.05) is 24.3 Å². The van der Waals surface area contributed by atoms with Gasteiger partial charge in [-0.25, -0.2) is 4.79 Å². The first-order chi connectivity index (χ1) is 8.56. The number of nitrogens with two attached hydrogens (primary N) is 1. The Morgan fingerprint density at radius 3 is 2.56 bits per heavy atom. The highest BCUT2D eigenvalue weighted by Crippen LogP contribution is 2.36. The summed E-state index contributed by atoms with van der Waals surface area (Å²) in [5, 5.41) is 2.57. The number of nitrogens with one attached hydrogen (secondary N) is 1. The van der Waals surface area contributed by atoms with E-state index in [2.05, 4.69) is 5.32 Å². The van der Waals surface area contributed by atoms with Crippen molar-refractivity contribution in [3.8, 4) is 11.5 Å². The van der Waals surface area contributed by atoms with Crippen molar-refractivity contribution < 1.29 is 19.0 Å². The maximum absolute atomic E-state index is 11.5. The molecule has 1 heterocycles. The monoisotopic (exact) mass is 252 g/mol. The van der Waals surface area contributed by atoms with E-state index in [1.54, 1.807) is 26.0 Å². The number of benzene rings is 1. The van der Waals surface area contributed by atoms with Gasteiger partial charge in [0.2, 0.25) is 0 Å². The van der Waals surface area contributed by atoms with Crippen molar-refractivity contribution in [2.24, 2.45) is 0 Å². The quantitative estimate of drug-likeness (QED) is 0.786. The van der Waals surface area contributed by atoms with Gasteiger partial charge < -0.3 is 19.9 Å². The number of anilines is 2. The van der Waals surface area contributed by atoms with Gasteiger partial charge in [-0.1, -0.05) is 0 Å². The summed E-state index contributed by atoms with van der Waals surface area (Å²) in [4.78, 5) is 11.5. The first-order valence-electron chi connectivity index (χ1n) is 5.73. The zero-order valence-corrected chi connectivity index (χ0v) is 10.4. The predicted octanol–water partition coefficient (Wildman–Crippen LogP) is 2.00. The van der Waals surface area contributed by atoms with Crippen molar-refractivity contribution >= 4 is 17.5 Å². The molecular formula is C12H16N2O4. The molecule has 1 aliphatic rings. The molecule has 0 aliphatic carbocycles. The standard InChI is InChI=1S/C12H16N2O4/c1-7(2)18-12(15)14-9-6-11-10(5-8(9)13)16-3-4-17-11/h5-7H,3-4,13H2,1-2H3,(H,14,15). The summed E-state index contributed by atoms with van der Waals surface area (Å²) in [6.45, 7) is 4.51. The van der Waals surface area contributed by atoms with Crippen LogP contribution < -0.4 is 20.5 Å². The molecule has 0 aromatic heterocycles. The minimum absolute atomic E-state index is 0.191. The lowest BCUT2D eigenvalue weighted by Gasteiger charge is -2.20. The Balaban J connectivity index is 2.15. The van der Waals surface area contributed by atoms with Crippen molar-refractivity contribution in [3.63, 3.8) is 0 Å². The SMILES string of the molecule is CC(C)OC(=O)Nc1cc2c(cc1N)OCCO2. The van der Waals surface area contributed by atoms with Gasteiger partial charge in [-0.3, -0.25) is 5.32 Å². The van der Waals surface area contributed by atoms with Crippen molar-refractivity contribution in [2.45, 2.75) is 20.0 Å². The Bertz CT molecular complexity index is 460. The number of ether oxygens (including phenoxy) is 3. The third kappa shape index (κ3) is 2.77. The second-order valence-corrected chi connectivity index (χ2v) is 4.16. The van der Waals surface area contributed by atoms with Crippen LogP contribution in [0.3, 0.4) is 0 Å². The second kappa shape index (κ2) is 5.03. The normalized spacial score (nSPS) is 13.3. The topological polar surface area (TPSA) is 82.8 Å². The molecule has 0 saturated carbocycles. The van der Waals surface area contributed by atoms with Crippen molar-refractivity contribution in [3.05, 3.63) is 12.1 Å². The molecule has 98 valence electrons. The molecule has 1 aromatic carbocycles. The summed E-state index contributed by atoms with van der Waals surface area (Å²) in [5.41, 5.74) is 6.67. The maximum atomic E-state index is 11.5. The molecule has 0 saturated heterocycles. The van der Waals surface area contributed by atoms with Crippen LogP contribution in [0.5, 0.6) is 11.5 Å². The molecule has 1 aromatic rings. The third-order valence-corrected chi connectivity index (χ3v) is 2.29. The molecule has 3 N–H and O–H groups in total. The van der Waals surface area contributed by atoms with E-state index in [1.807, 2.05) is 0 Å². The van der Waals surface area contributed by atoms with E-state index in [4.69, 9.17) is 19.9 Å². The van der Waals surface area contributed by atoms with Crippen LogP contribution in [0.2, 0.25) is 0 Å². The minimum Gasteiger partial charge on any atom is -0.486 e. The lowest BCUT2D eigenvalue weighted by molar-refractivity contribution is 0.130. The van der Waals surface area contributed by atoms with Crippen LogP contribution in [-0.2, 0) is 4.74 Å². The van der Waals surface area contributed by atoms with Crippen LogP contribution >= 0.6 is 0 Å². The molecule has 1 amide bonds. The van der Waals surface area contributed by atoms with Crippen LogP contribution in [-0.4, -0.2) is 25.4 Å². The molecule has 0 radical (unpaired) electrons. The number of hydrogen-bond donors (Lipinski definition) is 2. The molecule has 2 rings (SSSR count). The molecule has 6 heteroatoms. The molecule has 0 bridgehead atoms. The van der Waals surface area contributed by atoms with Gasteiger partial charge in [-0.05, 0) is 13.8 Å². The third-order valence-electron chi connectivity index (χ3n) is 2.29. The zero-order valence-electron chi connectivity index (χ0n) is 10.4. The average Bonchev–Trinajstić information content (AvgIpc) is 2.29. The molecule has 6 nitrogen and oxygen atoms in total. The summed E-state index contributed by atoms with van der Waals surface area (Å²) < 4.78 is 15.8. The average molecular weight is 252 g/mol. The number of amides is 1. The van der Waals surface area contributed by atoms with E-state index in [-0.39, 0.29) is 6.10 Å². The summed E-state index contributed by atoms with van der Waals surface area (Å²) >= 11 is 0. The summed E-state index contributed by atoms with van der Waals surface area (Å²) in [6, 6.07) is 3.25. The Labute approximate surface area is 105 Å². The fourth-order valence-electron chi connectivity index (χ4n) is 1.57. The van der Waals surface area contributed by atoms with E-state index >= 15 is 0 Å². The van der Waals surface area contributed by atoms with Crippen LogP contribution in [0.15, 0.2) is 12.1 Å². The van der Waals surface area contributed by atoms with E-state index in [9.17, 15) is 4.79 Å². The maximum Gasteiger partial charge on any atom is 0.411 e. The number of carbonyl (C=O) groups is 1. The number of carbonyl (C=O) groups excluding carboxylic acids is 1. The fourth-order valence-corrected chi connectivity index (χ4v) is 1.57. The van der Waals surface area contributed by atoms with Gasteiger partial charge in [0, 0.05) is 12.1 Å². The van der Waals surface area contributed by atoms with Crippen LogP contribution in [0.1, 0.15) is 13.8 Å². The van der Waals surface area contributed by atoms with Gasteiger partial charge in [-0.2, -0.15) is 0 Å². The van der Waals surface area contributed by atoms with Gasteiger partial charge in [0.05, 0.1) is 17.5 Å². The molecule has 0 unspecified atom stereocenters. The number of hydrogen-bond acceptors (Lipinski definition) is 5. The van der Waals surface area contributed by atoms with Crippen LogP contribution in [0, 0.1) is 0 Å². The van der Waals surface area contributed by atoms with Crippen LogP contribution in [0.25, 0.3) is 0 Å². The number of fused-ring (bicyclic) bond motifs is 1. The van der Waals surface area contributed by atoms with Crippen molar-refractivity contribution in [1.29, 1.82) is 0 Å². The van der Waals surface area contributed by atoms with Gasteiger partial charge in [0.25, 0.3) is 0 Å². The molecular weight excluding hydrogens is 236 g/mol. The lowest BCUT2D eigenvalue weighted by Crippen LogP contribution is -2.20. The molecule has 0 atom stereocenters. The highest BCUT2D eigenvalue weighted by Gasteiger charge is 2.16. The van der Waals surface area contributed by atoms with Crippen molar-refractivity contribution in [1.82, 2.24) is 0 Å². The highest BCUT2D eigenvalue weighted by atomic mass is 16.6. The summed E-state index contributed by atoms with van der Waals surface area (Å²) in [6.07, 6.45) is -0.739. The second-order valence-electron chi connectivity index (χ2n) is 4.16. The van der Waals surface area contributed by atoms with E-state index in [1.165, 1.54) is 0 Å². The molecule has 18 heavy (non-hydrogen) atoms. The number of rotatable bonds is 2. The molecule has 1 aliphatic heterocycles. The first kappa shape index (κ1) is 12.3. The molecule has 0 fully saturated rings. The van der Waals surface area contributed by atoms with Crippen LogP contribution in [0.4, 0.5) is 16.2 Å². The minimum atomic E-state index is -0.548. The highest BCUT2D eigenvalue weighted by molar-refractivity contribution is 5.90. The van der Waals surface area contributed by atoms with Gasteiger partial charge >= 0.3 is 6.09 Å². The Hall–Kier alpha value is -2.11.